The number of carbonyl (C=O) groups is 3. The van der Waals surface area contributed by atoms with Crippen LogP contribution >= 0.6 is 0 Å². The number of rotatable bonds is 13. The van der Waals surface area contributed by atoms with Crippen molar-refractivity contribution < 1.29 is 23.9 Å². The number of amides is 4. The Bertz CT molecular complexity index is 1480. The number of hydrogen-bond acceptors (Lipinski definition) is 5. The first-order chi connectivity index (χ1) is 22.7. The van der Waals surface area contributed by atoms with Gasteiger partial charge in [-0.1, -0.05) is 92.7 Å². The molecule has 0 aliphatic carbocycles. The van der Waals surface area contributed by atoms with E-state index in [1.165, 1.54) is 0 Å². The lowest BCUT2D eigenvalue weighted by atomic mass is 9.92. The second-order valence-corrected chi connectivity index (χ2v) is 13.1. The first kappa shape index (κ1) is 34.0. The van der Waals surface area contributed by atoms with Crippen LogP contribution in [0.3, 0.4) is 0 Å². The molecule has 2 fully saturated rings. The SMILES string of the molecule is Cc1cccc(C)c1OCC(=O)N1CO[C@@H](C[C@H](Cc2ccccc2)NC(=O)[C@H](C(C)C)N2CCCNC2=O)[C@@H]1Cc1ccccc1. The number of nitrogens with zero attached hydrogens (tertiary/aromatic N) is 2. The van der Waals surface area contributed by atoms with Crippen LogP contribution in [-0.2, 0) is 27.2 Å². The highest BCUT2D eigenvalue weighted by Gasteiger charge is 2.41. The van der Waals surface area contributed by atoms with E-state index in [1.54, 1.807) is 9.80 Å². The van der Waals surface area contributed by atoms with Crippen molar-refractivity contribution in [3.05, 3.63) is 101 Å². The molecule has 2 saturated heterocycles. The van der Waals surface area contributed by atoms with Crippen molar-refractivity contribution >= 4 is 17.8 Å². The maximum Gasteiger partial charge on any atom is 0.318 e. The molecular formula is C38H48N4O5. The minimum atomic E-state index is -0.599. The smallest absolute Gasteiger partial charge is 0.318 e. The molecule has 0 unspecified atom stereocenters. The van der Waals surface area contributed by atoms with E-state index in [0.29, 0.717) is 32.4 Å². The molecule has 9 heteroatoms. The molecule has 0 bridgehead atoms. The summed E-state index contributed by atoms with van der Waals surface area (Å²) in [5, 5.41) is 6.20. The Morgan fingerprint density at radius 2 is 1.62 bits per heavy atom. The zero-order valence-electron chi connectivity index (χ0n) is 28.0. The van der Waals surface area contributed by atoms with Crippen LogP contribution in [0.2, 0.25) is 0 Å². The van der Waals surface area contributed by atoms with Crippen LogP contribution < -0.4 is 15.4 Å². The summed E-state index contributed by atoms with van der Waals surface area (Å²) in [5.41, 5.74) is 4.15. The molecule has 2 aliphatic heterocycles. The number of para-hydroxylation sites is 1. The average Bonchev–Trinajstić information content (AvgIpc) is 3.44. The molecule has 0 radical (unpaired) electrons. The van der Waals surface area contributed by atoms with Crippen LogP contribution in [0.5, 0.6) is 5.75 Å². The molecule has 0 saturated carbocycles. The van der Waals surface area contributed by atoms with E-state index in [1.807, 2.05) is 82.3 Å². The highest BCUT2D eigenvalue weighted by Crippen LogP contribution is 2.28. The zero-order chi connectivity index (χ0) is 33.3. The summed E-state index contributed by atoms with van der Waals surface area (Å²) in [6.07, 6.45) is 2.16. The normalized spacial score (nSPS) is 19.3. The Morgan fingerprint density at radius 3 is 2.26 bits per heavy atom. The fourth-order valence-corrected chi connectivity index (χ4v) is 6.78. The van der Waals surface area contributed by atoms with Crippen LogP contribution in [0.15, 0.2) is 78.9 Å². The van der Waals surface area contributed by atoms with Gasteiger partial charge in [0.25, 0.3) is 5.91 Å². The Labute approximate surface area is 278 Å². The summed E-state index contributed by atoms with van der Waals surface area (Å²) in [7, 11) is 0. The Kier molecular flexibility index (Phi) is 11.5. The van der Waals surface area contributed by atoms with E-state index in [2.05, 4.69) is 34.9 Å². The molecule has 2 N–H and O–H groups in total. The largest absolute Gasteiger partial charge is 0.483 e. The minimum Gasteiger partial charge on any atom is -0.483 e. The number of benzene rings is 3. The van der Waals surface area contributed by atoms with Crippen LogP contribution in [0, 0.1) is 19.8 Å². The minimum absolute atomic E-state index is 0.0743. The quantitative estimate of drug-likeness (QED) is 0.273. The standard InChI is InChI=1S/C38H48N4O5/c1-26(2)35(41-20-12-19-39-38(41)45)37(44)40-31(21-29-15-7-5-8-16-29)23-33-32(22-30-17-9-6-10-18-30)42(25-47-33)34(43)24-46-36-27(3)13-11-14-28(36)4/h5-11,13-18,26,31-33,35H,12,19-25H2,1-4H3,(H,39,45)(H,40,44)/t31-,32-,33-,35-/m0/s1. The van der Waals surface area contributed by atoms with E-state index in [-0.39, 0.29) is 55.3 Å². The molecule has 4 amide bonds. The Balaban J connectivity index is 1.36. The van der Waals surface area contributed by atoms with E-state index < -0.39 is 6.04 Å². The highest BCUT2D eigenvalue weighted by atomic mass is 16.5. The molecule has 3 aromatic carbocycles. The average molecular weight is 641 g/mol. The van der Waals surface area contributed by atoms with Crippen molar-refractivity contribution in [2.24, 2.45) is 5.92 Å². The third-order valence-electron chi connectivity index (χ3n) is 9.15. The number of hydrogen-bond donors (Lipinski definition) is 2. The van der Waals surface area contributed by atoms with Crippen molar-refractivity contribution in [2.45, 2.75) is 77.6 Å². The predicted octanol–water partition coefficient (Wildman–Crippen LogP) is 5.04. The maximum atomic E-state index is 14.0. The molecular weight excluding hydrogens is 592 g/mol. The van der Waals surface area contributed by atoms with E-state index in [4.69, 9.17) is 9.47 Å². The number of aryl methyl sites for hydroxylation is 2. The van der Waals surface area contributed by atoms with Gasteiger partial charge in [-0.25, -0.2) is 4.79 Å². The monoisotopic (exact) mass is 640 g/mol. The van der Waals surface area contributed by atoms with Gasteiger partial charge in [0.05, 0.1) is 12.1 Å². The molecule has 2 heterocycles. The Hall–Kier alpha value is -4.37. The van der Waals surface area contributed by atoms with Gasteiger partial charge >= 0.3 is 6.03 Å². The van der Waals surface area contributed by atoms with Crippen molar-refractivity contribution in [2.75, 3.05) is 26.4 Å². The number of carbonyl (C=O) groups excluding carboxylic acids is 3. The van der Waals surface area contributed by atoms with Crippen LogP contribution in [0.1, 0.15) is 48.9 Å². The van der Waals surface area contributed by atoms with E-state index in [9.17, 15) is 14.4 Å². The lowest BCUT2D eigenvalue weighted by Crippen LogP contribution is -2.59. The van der Waals surface area contributed by atoms with Crippen molar-refractivity contribution in [3.8, 4) is 5.75 Å². The van der Waals surface area contributed by atoms with Gasteiger partial charge in [-0.2, -0.15) is 0 Å². The van der Waals surface area contributed by atoms with Gasteiger partial charge in [0.15, 0.2) is 6.61 Å². The van der Waals surface area contributed by atoms with Crippen LogP contribution in [0.4, 0.5) is 4.79 Å². The summed E-state index contributed by atoms with van der Waals surface area (Å²) in [6.45, 7) is 9.10. The van der Waals surface area contributed by atoms with Gasteiger partial charge in [0, 0.05) is 19.1 Å². The predicted molar refractivity (Wildman–Crippen MR) is 182 cm³/mol. The lowest BCUT2D eigenvalue weighted by Gasteiger charge is -2.37. The number of nitrogens with one attached hydrogen (secondary N) is 2. The van der Waals surface area contributed by atoms with E-state index >= 15 is 0 Å². The lowest BCUT2D eigenvalue weighted by molar-refractivity contribution is -0.135. The van der Waals surface area contributed by atoms with Gasteiger partial charge in [-0.3, -0.25) is 9.59 Å². The fraction of sp³-hybridized carbons (Fsp3) is 0.447. The van der Waals surface area contributed by atoms with Crippen molar-refractivity contribution in [1.29, 1.82) is 0 Å². The van der Waals surface area contributed by atoms with E-state index in [0.717, 1.165) is 34.4 Å². The summed E-state index contributed by atoms with van der Waals surface area (Å²) in [4.78, 5) is 43.9. The van der Waals surface area contributed by atoms with Crippen molar-refractivity contribution in [3.63, 3.8) is 0 Å². The van der Waals surface area contributed by atoms with Crippen LogP contribution in [-0.4, -0.2) is 78.3 Å². The van der Waals surface area contributed by atoms with Crippen molar-refractivity contribution in [1.82, 2.24) is 20.4 Å². The molecule has 0 spiro atoms. The molecule has 0 aromatic heterocycles. The summed E-state index contributed by atoms with van der Waals surface area (Å²) < 4.78 is 12.4. The molecule has 4 atom stereocenters. The molecule has 9 nitrogen and oxygen atoms in total. The maximum absolute atomic E-state index is 14.0. The van der Waals surface area contributed by atoms with Gasteiger partial charge in [0.2, 0.25) is 5.91 Å². The number of ether oxygens (including phenoxy) is 2. The second-order valence-electron chi connectivity index (χ2n) is 13.1. The van der Waals surface area contributed by atoms with Crippen LogP contribution in [0.25, 0.3) is 0 Å². The summed E-state index contributed by atoms with van der Waals surface area (Å²) >= 11 is 0. The topological polar surface area (TPSA) is 100 Å². The molecule has 3 aromatic rings. The molecule has 2 aliphatic rings. The van der Waals surface area contributed by atoms with Gasteiger partial charge < -0.3 is 29.9 Å². The van der Waals surface area contributed by atoms with Gasteiger partial charge in [-0.15, -0.1) is 0 Å². The fourth-order valence-electron chi connectivity index (χ4n) is 6.78. The first-order valence-corrected chi connectivity index (χ1v) is 16.7. The third-order valence-corrected chi connectivity index (χ3v) is 9.15. The summed E-state index contributed by atoms with van der Waals surface area (Å²) in [6, 6.07) is 24.7. The summed E-state index contributed by atoms with van der Waals surface area (Å²) in [5.74, 6) is 0.334. The molecule has 47 heavy (non-hydrogen) atoms. The Morgan fingerprint density at radius 1 is 0.957 bits per heavy atom. The molecule has 5 rings (SSSR count). The highest BCUT2D eigenvalue weighted by molar-refractivity contribution is 5.88. The first-order valence-electron chi connectivity index (χ1n) is 16.7. The van der Waals surface area contributed by atoms with Gasteiger partial charge in [0.1, 0.15) is 18.5 Å². The zero-order valence-corrected chi connectivity index (χ0v) is 28.0. The molecule has 250 valence electrons. The third kappa shape index (κ3) is 8.71. The number of urea groups is 1. The van der Waals surface area contributed by atoms with Gasteiger partial charge in [-0.05, 0) is 67.7 Å². The second kappa shape index (κ2) is 16.0.